The molecule has 0 aromatic carbocycles. The van der Waals surface area contributed by atoms with E-state index < -0.39 is 15.8 Å². The Kier molecular flexibility index (Phi) is 4.94. The van der Waals surface area contributed by atoms with Crippen LogP contribution in [0.25, 0.3) is 0 Å². The molecule has 1 aliphatic rings. The van der Waals surface area contributed by atoms with Crippen molar-refractivity contribution in [3.63, 3.8) is 0 Å². The van der Waals surface area contributed by atoms with E-state index in [1.807, 2.05) is 11.9 Å². The van der Waals surface area contributed by atoms with Crippen LogP contribution < -0.4 is 0 Å². The van der Waals surface area contributed by atoms with Crippen molar-refractivity contribution in [2.75, 3.05) is 25.6 Å². The van der Waals surface area contributed by atoms with Crippen LogP contribution in [-0.2, 0) is 14.6 Å². The second-order valence-electron chi connectivity index (χ2n) is 4.91. The Morgan fingerprint density at radius 3 is 2.47 bits per heavy atom. The maximum Gasteiger partial charge on any atom is 0.308 e. The van der Waals surface area contributed by atoms with Gasteiger partial charge in [-0.15, -0.1) is 0 Å². The highest BCUT2D eigenvalue weighted by molar-refractivity contribution is 7.90. The highest BCUT2D eigenvalue weighted by Crippen LogP contribution is 2.28. The lowest BCUT2D eigenvalue weighted by atomic mass is 9.84. The molecule has 5 nitrogen and oxygen atoms in total. The van der Waals surface area contributed by atoms with E-state index in [1.165, 1.54) is 6.26 Å². The highest BCUT2D eigenvalue weighted by Gasteiger charge is 2.33. The van der Waals surface area contributed by atoms with E-state index in [2.05, 4.69) is 0 Å². The Morgan fingerprint density at radius 2 is 1.94 bits per heavy atom. The average molecular weight is 263 g/mol. The molecule has 1 saturated carbocycles. The first-order valence-corrected chi connectivity index (χ1v) is 7.98. The molecule has 2 unspecified atom stereocenters. The lowest BCUT2D eigenvalue weighted by molar-refractivity contribution is -0.145. The van der Waals surface area contributed by atoms with E-state index in [0.717, 1.165) is 19.3 Å². The zero-order valence-corrected chi connectivity index (χ0v) is 11.2. The van der Waals surface area contributed by atoms with E-state index in [0.29, 0.717) is 13.0 Å². The molecule has 0 aromatic rings. The predicted molar refractivity (Wildman–Crippen MR) is 65.7 cm³/mol. The molecule has 2 atom stereocenters. The summed E-state index contributed by atoms with van der Waals surface area (Å²) in [6.07, 6.45) is 4.72. The Bertz CT molecular complexity index is 366. The number of sulfone groups is 1. The molecule has 0 aliphatic heterocycles. The first-order chi connectivity index (χ1) is 7.81. The molecule has 0 heterocycles. The minimum Gasteiger partial charge on any atom is -0.481 e. The number of aliphatic carboxylic acids is 1. The van der Waals surface area contributed by atoms with Crippen molar-refractivity contribution in [2.24, 2.45) is 5.92 Å². The first kappa shape index (κ1) is 14.4. The molecule has 0 spiro atoms. The van der Waals surface area contributed by atoms with Gasteiger partial charge in [0.1, 0.15) is 9.84 Å². The Morgan fingerprint density at radius 1 is 1.35 bits per heavy atom. The monoisotopic (exact) mass is 263 g/mol. The minimum absolute atomic E-state index is 0.0250. The van der Waals surface area contributed by atoms with Crippen molar-refractivity contribution in [2.45, 2.75) is 31.7 Å². The van der Waals surface area contributed by atoms with E-state index in [1.54, 1.807) is 0 Å². The van der Waals surface area contributed by atoms with Crippen LogP contribution in [0.5, 0.6) is 0 Å². The maximum atomic E-state index is 11.1. The molecule has 1 N–H and O–H groups in total. The average Bonchev–Trinajstić information content (AvgIpc) is 2.25. The number of carboxylic acids is 1. The second kappa shape index (κ2) is 5.82. The van der Waals surface area contributed by atoms with E-state index in [4.69, 9.17) is 5.11 Å². The van der Waals surface area contributed by atoms with E-state index >= 15 is 0 Å². The lowest BCUT2D eigenvalue weighted by Gasteiger charge is -2.35. The zero-order valence-electron chi connectivity index (χ0n) is 10.4. The summed E-state index contributed by atoms with van der Waals surface area (Å²) in [4.78, 5) is 13.0. The standard InChI is InChI=1S/C11H21NO4S/c1-12(7-8-17(2,15)16)10-6-4-3-5-9(10)11(13)14/h9-10H,3-8H2,1-2H3,(H,13,14). The van der Waals surface area contributed by atoms with Crippen LogP contribution in [-0.4, -0.2) is 56.0 Å². The van der Waals surface area contributed by atoms with Crippen molar-refractivity contribution >= 4 is 15.8 Å². The van der Waals surface area contributed by atoms with Gasteiger partial charge in [0.15, 0.2) is 0 Å². The van der Waals surface area contributed by atoms with Crippen molar-refractivity contribution in [3.05, 3.63) is 0 Å². The van der Waals surface area contributed by atoms with Gasteiger partial charge in [0.05, 0.1) is 11.7 Å². The molecule has 0 amide bonds. The number of rotatable bonds is 5. The van der Waals surface area contributed by atoms with Crippen LogP contribution in [0.15, 0.2) is 0 Å². The molecule has 0 bridgehead atoms. The van der Waals surface area contributed by atoms with Gasteiger partial charge in [-0.25, -0.2) is 8.42 Å². The largest absolute Gasteiger partial charge is 0.481 e. The van der Waals surface area contributed by atoms with Crippen molar-refractivity contribution in [1.29, 1.82) is 0 Å². The number of hydrogen-bond donors (Lipinski definition) is 1. The Labute approximate surface area is 103 Å². The van der Waals surface area contributed by atoms with Gasteiger partial charge in [-0.1, -0.05) is 12.8 Å². The van der Waals surface area contributed by atoms with Crippen LogP contribution in [0.2, 0.25) is 0 Å². The molecular formula is C11H21NO4S. The van der Waals surface area contributed by atoms with Gasteiger partial charge in [-0.2, -0.15) is 0 Å². The molecule has 0 aromatic heterocycles. The Balaban J connectivity index is 2.59. The topological polar surface area (TPSA) is 74.7 Å². The fraction of sp³-hybridized carbons (Fsp3) is 0.909. The molecule has 1 fully saturated rings. The van der Waals surface area contributed by atoms with Gasteiger partial charge in [0, 0.05) is 18.8 Å². The van der Waals surface area contributed by atoms with Crippen molar-refractivity contribution in [3.8, 4) is 0 Å². The van der Waals surface area contributed by atoms with Crippen LogP contribution in [0.1, 0.15) is 25.7 Å². The summed E-state index contributed by atoms with van der Waals surface area (Å²) in [5.74, 6) is -1.03. The number of nitrogens with zero attached hydrogens (tertiary/aromatic N) is 1. The van der Waals surface area contributed by atoms with E-state index in [-0.39, 0.29) is 17.7 Å². The second-order valence-corrected chi connectivity index (χ2v) is 7.17. The molecule has 1 rings (SSSR count). The van der Waals surface area contributed by atoms with Gasteiger partial charge >= 0.3 is 5.97 Å². The number of carboxylic acid groups (broad SMARTS) is 1. The third-order valence-corrected chi connectivity index (χ3v) is 4.35. The number of carbonyl (C=O) groups is 1. The zero-order chi connectivity index (χ0) is 13.1. The van der Waals surface area contributed by atoms with Crippen LogP contribution in [0.4, 0.5) is 0 Å². The quantitative estimate of drug-likeness (QED) is 0.786. The predicted octanol–water partition coefficient (Wildman–Crippen LogP) is 0.606. The molecule has 17 heavy (non-hydrogen) atoms. The summed E-state index contributed by atoms with van der Waals surface area (Å²) >= 11 is 0. The van der Waals surface area contributed by atoms with Gasteiger partial charge in [-0.3, -0.25) is 4.79 Å². The summed E-state index contributed by atoms with van der Waals surface area (Å²) in [5.41, 5.74) is 0. The van der Waals surface area contributed by atoms with Crippen LogP contribution >= 0.6 is 0 Å². The fourth-order valence-electron chi connectivity index (χ4n) is 2.40. The molecule has 6 heteroatoms. The van der Waals surface area contributed by atoms with E-state index in [9.17, 15) is 13.2 Å². The molecule has 0 radical (unpaired) electrons. The summed E-state index contributed by atoms with van der Waals surface area (Å²) in [6, 6.07) is -0.0250. The van der Waals surface area contributed by atoms with Crippen molar-refractivity contribution in [1.82, 2.24) is 4.90 Å². The van der Waals surface area contributed by atoms with Crippen molar-refractivity contribution < 1.29 is 18.3 Å². The van der Waals surface area contributed by atoms with Gasteiger partial charge < -0.3 is 10.0 Å². The lowest BCUT2D eigenvalue weighted by Crippen LogP contribution is -2.45. The van der Waals surface area contributed by atoms with Gasteiger partial charge in [-0.05, 0) is 19.9 Å². The normalized spacial score (nSPS) is 26.1. The summed E-state index contributed by atoms with van der Waals surface area (Å²) < 4.78 is 22.2. The van der Waals surface area contributed by atoms with Crippen LogP contribution in [0, 0.1) is 5.92 Å². The Hall–Kier alpha value is -0.620. The molecular weight excluding hydrogens is 242 g/mol. The number of hydrogen-bond acceptors (Lipinski definition) is 4. The third-order valence-electron chi connectivity index (χ3n) is 3.43. The van der Waals surface area contributed by atoms with Gasteiger partial charge in [0.25, 0.3) is 0 Å². The third kappa shape index (κ3) is 4.63. The fourth-order valence-corrected chi connectivity index (χ4v) is 3.02. The van der Waals surface area contributed by atoms with Crippen LogP contribution in [0.3, 0.4) is 0 Å². The minimum atomic E-state index is -2.98. The maximum absolute atomic E-state index is 11.1. The highest BCUT2D eigenvalue weighted by atomic mass is 32.2. The first-order valence-electron chi connectivity index (χ1n) is 5.92. The molecule has 0 saturated heterocycles. The SMILES string of the molecule is CN(CCS(C)(=O)=O)C1CCCCC1C(=O)O. The summed E-state index contributed by atoms with van der Waals surface area (Å²) in [7, 11) is -1.17. The summed E-state index contributed by atoms with van der Waals surface area (Å²) in [6.45, 7) is 0.410. The molecule has 1 aliphatic carbocycles. The smallest absolute Gasteiger partial charge is 0.308 e. The summed E-state index contributed by atoms with van der Waals surface area (Å²) in [5, 5.41) is 9.14. The molecule has 100 valence electrons. The van der Waals surface area contributed by atoms with Gasteiger partial charge in [0.2, 0.25) is 0 Å².